The van der Waals surface area contributed by atoms with E-state index in [1.54, 1.807) is 0 Å². The Kier molecular flexibility index (Phi) is 3.24. The zero-order valence-electron chi connectivity index (χ0n) is 8.46. The number of rotatable bonds is 2. The summed E-state index contributed by atoms with van der Waals surface area (Å²) in [5.41, 5.74) is 1.47. The summed E-state index contributed by atoms with van der Waals surface area (Å²) in [6, 6.07) is 8.71. The molecule has 1 aliphatic heterocycles. The van der Waals surface area contributed by atoms with Crippen LogP contribution in [0.5, 0.6) is 0 Å². The average Bonchev–Trinajstić information content (AvgIpc) is 2.65. The highest BCUT2D eigenvalue weighted by Gasteiger charge is 2.26. The van der Waals surface area contributed by atoms with Gasteiger partial charge in [-0.2, -0.15) is 0 Å². The molecular formula is C12H16BrN. The van der Waals surface area contributed by atoms with E-state index in [1.807, 2.05) is 0 Å². The van der Waals surface area contributed by atoms with Gasteiger partial charge in [-0.1, -0.05) is 41.4 Å². The summed E-state index contributed by atoms with van der Waals surface area (Å²) in [6.07, 6.45) is 1.27. The van der Waals surface area contributed by atoms with Gasteiger partial charge in [-0.25, -0.2) is 0 Å². The van der Waals surface area contributed by atoms with Gasteiger partial charge in [0.2, 0.25) is 0 Å². The Bertz CT molecular complexity index is 311. The smallest absolute Gasteiger partial charge is 0.0178 e. The van der Waals surface area contributed by atoms with Crippen molar-refractivity contribution in [1.29, 1.82) is 0 Å². The van der Waals surface area contributed by atoms with Crippen molar-refractivity contribution in [3.8, 4) is 0 Å². The van der Waals surface area contributed by atoms with Crippen LogP contribution in [0.1, 0.15) is 24.8 Å². The fraction of sp³-hybridized carbons (Fsp3) is 0.500. The van der Waals surface area contributed by atoms with Gasteiger partial charge in [0.05, 0.1) is 0 Å². The van der Waals surface area contributed by atoms with Crippen molar-refractivity contribution in [1.82, 2.24) is 5.32 Å². The van der Waals surface area contributed by atoms with Crippen LogP contribution in [-0.4, -0.2) is 13.1 Å². The molecule has 2 rings (SSSR count). The molecule has 1 fully saturated rings. The van der Waals surface area contributed by atoms with E-state index in [0.29, 0.717) is 5.92 Å². The molecular weight excluding hydrogens is 238 g/mol. The molecule has 0 unspecified atom stereocenters. The third-order valence-corrected chi connectivity index (χ3v) is 3.63. The van der Waals surface area contributed by atoms with Crippen LogP contribution < -0.4 is 5.32 Å². The Morgan fingerprint density at radius 3 is 3.00 bits per heavy atom. The van der Waals surface area contributed by atoms with Crippen LogP contribution in [0.4, 0.5) is 0 Å². The van der Waals surface area contributed by atoms with Gasteiger partial charge in [0.1, 0.15) is 0 Å². The quantitative estimate of drug-likeness (QED) is 0.854. The van der Waals surface area contributed by atoms with Gasteiger partial charge in [0, 0.05) is 16.9 Å². The van der Waals surface area contributed by atoms with E-state index in [0.717, 1.165) is 12.5 Å². The van der Waals surface area contributed by atoms with Crippen molar-refractivity contribution in [2.24, 2.45) is 5.92 Å². The van der Waals surface area contributed by atoms with Crippen LogP contribution in [0.2, 0.25) is 0 Å². The first kappa shape index (κ1) is 10.2. The molecule has 1 heterocycles. The molecule has 0 aliphatic carbocycles. The summed E-state index contributed by atoms with van der Waals surface area (Å²) in [7, 11) is 0. The molecule has 0 aromatic heterocycles. The number of benzene rings is 1. The summed E-state index contributed by atoms with van der Waals surface area (Å²) in [5.74, 6) is 1.52. The second kappa shape index (κ2) is 4.45. The van der Waals surface area contributed by atoms with E-state index in [-0.39, 0.29) is 0 Å². The molecule has 0 bridgehead atoms. The normalized spacial score (nSPS) is 26.7. The van der Waals surface area contributed by atoms with Crippen LogP contribution in [0, 0.1) is 5.92 Å². The van der Waals surface area contributed by atoms with E-state index in [2.05, 4.69) is 52.4 Å². The maximum atomic E-state index is 3.53. The molecule has 1 aliphatic rings. The van der Waals surface area contributed by atoms with Crippen molar-refractivity contribution in [3.05, 3.63) is 34.3 Å². The summed E-state index contributed by atoms with van der Waals surface area (Å²) in [5, 5.41) is 3.48. The number of nitrogens with one attached hydrogen (secondary N) is 1. The monoisotopic (exact) mass is 253 g/mol. The first-order valence-electron chi connectivity index (χ1n) is 5.27. The molecule has 1 aromatic carbocycles. The summed E-state index contributed by atoms with van der Waals surface area (Å²) < 4.78 is 1.19. The molecule has 0 spiro atoms. The van der Waals surface area contributed by atoms with Gasteiger partial charge in [-0.15, -0.1) is 0 Å². The minimum absolute atomic E-state index is 0.706. The Balaban J connectivity index is 2.21. The standard InChI is InChI=1S/C12H16BrN/c1-2-9-7-14-8-12(9)10-4-3-5-11(13)6-10/h3-6,9,12,14H,2,7-8H2,1H3/t9-,12+/m0/s1. The fourth-order valence-electron chi connectivity index (χ4n) is 2.29. The largest absolute Gasteiger partial charge is 0.316 e. The van der Waals surface area contributed by atoms with Crippen molar-refractivity contribution in [2.45, 2.75) is 19.3 Å². The summed E-state index contributed by atoms with van der Waals surface area (Å²) in [4.78, 5) is 0. The zero-order chi connectivity index (χ0) is 9.97. The lowest BCUT2D eigenvalue weighted by Crippen LogP contribution is -2.09. The predicted octanol–water partition coefficient (Wildman–Crippen LogP) is 3.16. The highest BCUT2D eigenvalue weighted by atomic mass is 79.9. The molecule has 1 aromatic rings. The molecule has 0 amide bonds. The van der Waals surface area contributed by atoms with Crippen LogP contribution in [-0.2, 0) is 0 Å². The molecule has 76 valence electrons. The van der Waals surface area contributed by atoms with Crippen molar-refractivity contribution >= 4 is 15.9 Å². The fourth-order valence-corrected chi connectivity index (χ4v) is 2.71. The molecule has 0 saturated carbocycles. The minimum atomic E-state index is 0.706. The molecule has 1 N–H and O–H groups in total. The molecule has 2 heteroatoms. The van der Waals surface area contributed by atoms with Crippen LogP contribution in [0.25, 0.3) is 0 Å². The highest BCUT2D eigenvalue weighted by molar-refractivity contribution is 9.10. The minimum Gasteiger partial charge on any atom is -0.316 e. The Hall–Kier alpha value is -0.340. The Labute approximate surface area is 94.0 Å². The van der Waals surface area contributed by atoms with E-state index >= 15 is 0 Å². The lowest BCUT2D eigenvalue weighted by atomic mass is 9.87. The number of hydrogen-bond donors (Lipinski definition) is 1. The van der Waals surface area contributed by atoms with Gasteiger partial charge >= 0.3 is 0 Å². The molecule has 0 radical (unpaired) electrons. The van der Waals surface area contributed by atoms with E-state index in [9.17, 15) is 0 Å². The Morgan fingerprint density at radius 1 is 1.43 bits per heavy atom. The predicted molar refractivity (Wildman–Crippen MR) is 63.5 cm³/mol. The van der Waals surface area contributed by atoms with Crippen molar-refractivity contribution in [3.63, 3.8) is 0 Å². The van der Waals surface area contributed by atoms with Crippen LogP contribution in [0.15, 0.2) is 28.7 Å². The average molecular weight is 254 g/mol. The molecule has 1 nitrogen and oxygen atoms in total. The topological polar surface area (TPSA) is 12.0 Å². The van der Waals surface area contributed by atoms with E-state index in [4.69, 9.17) is 0 Å². The third kappa shape index (κ3) is 2.01. The lowest BCUT2D eigenvalue weighted by Gasteiger charge is -2.17. The van der Waals surface area contributed by atoms with Crippen molar-refractivity contribution < 1.29 is 0 Å². The number of hydrogen-bond acceptors (Lipinski definition) is 1. The van der Waals surface area contributed by atoms with Gasteiger partial charge in [0.15, 0.2) is 0 Å². The maximum Gasteiger partial charge on any atom is 0.0178 e. The van der Waals surface area contributed by atoms with Gasteiger partial charge in [-0.05, 0) is 30.2 Å². The summed E-state index contributed by atoms with van der Waals surface area (Å²) in [6.45, 7) is 4.59. The number of halogens is 1. The van der Waals surface area contributed by atoms with Crippen LogP contribution >= 0.6 is 15.9 Å². The Morgan fingerprint density at radius 2 is 2.29 bits per heavy atom. The maximum absolute atomic E-state index is 3.53. The first-order chi connectivity index (χ1) is 6.81. The lowest BCUT2D eigenvalue weighted by molar-refractivity contribution is 0.502. The van der Waals surface area contributed by atoms with Crippen LogP contribution in [0.3, 0.4) is 0 Å². The molecule has 14 heavy (non-hydrogen) atoms. The second-order valence-electron chi connectivity index (χ2n) is 3.99. The van der Waals surface area contributed by atoms with E-state index < -0.39 is 0 Å². The van der Waals surface area contributed by atoms with Gasteiger partial charge in [-0.3, -0.25) is 0 Å². The zero-order valence-corrected chi connectivity index (χ0v) is 10.0. The van der Waals surface area contributed by atoms with Gasteiger partial charge < -0.3 is 5.32 Å². The molecule has 2 atom stereocenters. The SMILES string of the molecule is CC[C@H]1CNC[C@H]1c1cccc(Br)c1. The van der Waals surface area contributed by atoms with Crippen molar-refractivity contribution in [2.75, 3.05) is 13.1 Å². The van der Waals surface area contributed by atoms with E-state index in [1.165, 1.54) is 23.0 Å². The second-order valence-corrected chi connectivity index (χ2v) is 4.90. The highest BCUT2D eigenvalue weighted by Crippen LogP contribution is 2.31. The summed E-state index contributed by atoms with van der Waals surface area (Å²) >= 11 is 3.53. The molecule has 1 saturated heterocycles. The third-order valence-electron chi connectivity index (χ3n) is 3.14. The van der Waals surface area contributed by atoms with Gasteiger partial charge in [0.25, 0.3) is 0 Å². The first-order valence-corrected chi connectivity index (χ1v) is 6.06.